The molecule has 1 aliphatic heterocycles. The van der Waals surface area contributed by atoms with Crippen molar-refractivity contribution in [2.24, 2.45) is 0 Å². The number of nitrogens with zero attached hydrogens (tertiary/aromatic N) is 2. The molecule has 1 heterocycles. The van der Waals surface area contributed by atoms with Gasteiger partial charge in [0.2, 0.25) is 0 Å². The van der Waals surface area contributed by atoms with Crippen molar-refractivity contribution < 1.29 is 4.74 Å². The molecule has 11 rings (SSSR count). The minimum absolute atomic E-state index is 0.857. The molecule has 280 valence electrons. The summed E-state index contributed by atoms with van der Waals surface area (Å²) in [5.74, 6) is 1.75. The van der Waals surface area contributed by atoms with Crippen LogP contribution in [0.1, 0.15) is 11.1 Å². The molecule has 0 aromatic heterocycles. The number of rotatable bonds is 7. The van der Waals surface area contributed by atoms with Gasteiger partial charge in [0.1, 0.15) is 11.5 Å². The van der Waals surface area contributed by atoms with Gasteiger partial charge in [-0.1, -0.05) is 115 Å². The fraction of sp³-hybridized carbons (Fsp3) is 0.0357. The first kappa shape index (κ1) is 34.6. The van der Waals surface area contributed by atoms with Crippen molar-refractivity contribution in [3.8, 4) is 33.8 Å². The molecule has 10 aromatic carbocycles. The Kier molecular flexibility index (Phi) is 8.27. The number of ether oxygens (including phenoxy) is 1. The molecule has 1 aliphatic rings. The van der Waals surface area contributed by atoms with E-state index in [1.165, 1.54) is 49.2 Å². The average molecular weight is 757 g/mol. The van der Waals surface area contributed by atoms with E-state index in [4.69, 9.17) is 4.74 Å². The summed E-state index contributed by atoms with van der Waals surface area (Å²) in [4.78, 5) is 4.60. The summed E-state index contributed by atoms with van der Waals surface area (Å²) in [6, 6.07) is 74.2. The zero-order valence-corrected chi connectivity index (χ0v) is 32.9. The van der Waals surface area contributed by atoms with Crippen LogP contribution >= 0.6 is 0 Å². The number of anilines is 6. The Morgan fingerprint density at radius 1 is 0.305 bits per heavy atom. The third kappa shape index (κ3) is 5.98. The fourth-order valence-corrected chi connectivity index (χ4v) is 9.00. The fourth-order valence-electron chi connectivity index (χ4n) is 9.00. The van der Waals surface area contributed by atoms with Crippen molar-refractivity contribution >= 4 is 66.4 Å². The molecular weight excluding hydrogens is 717 g/mol. The highest BCUT2D eigenvalue weighted by Crippen LogP contribution is 2.52. The van der Waals surface area contributed by atoms with E-state index in [2.05, 4.69) is 230 Å². The zero-order chi connectivity index (χ0) is 39.5. The van der Waals surface area contributed by atoms with Crippen LogP contribution < -0.4 is 14.5 Å². The number of fused-ring (bicyclic) bond motifs is 6. The predicted molar refractivity (Wildman–Crippen MR) is 249 cm³/mol. The van der Waals surface area contributed by atoms with Crippen molar-refractivity contribution in [2.75, 3.05) is 9.80 Å². The number of benzene rings is 10. The van der Waals surface area contributed by atoms with Gasteiger partial charge in [0.15, 0.2) is 0 Å². The Labute approximate surface area is 344 Å². The molecule has 0 N–H and O–H groups in total. The first-order chi connectivity index (χ1) is 29.1. The van der Waals surface area contributed by atoms with Gasteiger partial charge in [0.05, 0.1) is 0 Å². The van der Waals surface area contributed by atoms with Gasteiger partial charge in [-0.25, -0.2) is 0 Å². The van der Waals surface area contributed by atoms with Gasteiger partial charge in [-0.3, -0.25) is 0 Å². The minimum atomic E-state index is 0.857. The van der Waals surface area contributed by atoms with Crippen molar-refractivity contribution in [3.05, 3.63) is 217 Å². The molecule has 0 saturated heterocycles. The first-order valence-corrected chi connectivity index (χ1v) is 20.2. The van der Waals surface area contributed by atoms with E-state index in [1.807, 2.05) is 0 Å². The summed E-state index contributed by atoms with van der Waals surface area (Å²) in [7, 11) is 0. The molecule has 59 heavy (non-hydrogen) atoms. The Bertz CT molecular complexity index is 3100. The molecule has 0 amide bonds. The maximum Gasteiger partial charge on any atom is 0.137 e. The monoisotopic (exact) mass is 756 g/mol. The maximum absolute atomic E-state index is 6.94. The summed E-state index contributed by atoms with van der Waals surface area (Å²) in [6.07, 6.45) is 0. The smallest absolute Gasteiger partial charge is 0.137 e. The molecule has 3 heteroatoms. The lowest BCUT2D eigenvalue weighted by Crippen LogP contribution is -2.10. The van der Waals surface area contributed by atoms with Gasteiger partial charge < -0.3 is 14.5 Å². The van der Waals surface area contributed by atoms with E-state index in [9.17, 15) is 0 Å². The summed E-state index contributed by atoms with van der Waals surface area (Å²) in [6.45, 7) is 4.37. The van der Waals surface area contributed by atoms with Gasteiger partial charge in [-0.15, -0.1) is 0 Å². The van der Waals surface area contributed by atoms with E-state index < -0.39 is 0 Å². The Balaban J connectivity index is 1.08. The van der Waals surface area contributed by atoms with Crippen LogP contribution in [0.4, 0.5) is 34.1 Å². The summed E-state index contributed by atoms with van der Waals surface area (Å²) >= 11 is 0. The van der Waals surface area contributed by atoms with Crippen LogP contribution in [0.15, 0.2) is 206 Å². The number of para-hydroxylation sites is 4. The second kappa shape index (κ2) is 14.1. The number of aryl methyl sites for hydroxylation is 2. The third-order valence-electron chi connectivity index (χ3n) is 11.7. The molecule has 0 aliphatic carbocycles. The lowest BCUT2D eigenvalue weighted by Gasteiger charge is -2.28. The van der Waals surface area contributed by atoms with Crippen molar-refractivity contribution in [3.63, 3.8) is 0 Å². The van der Waals surface area contributed by atoms with Crippen molar-refractivity contribution in [2.45, 2.75) is 13.8 Å². The van der Waals surface area contributed by atoms with E-state index in [0.717, 1.165) is 62.1 Å². The van der Waals surface area contributed by atoms with Crippen molar-refractivity contribution in [1.29, 1.82) is 0 Å². The molecule has 0 bridgehead atoms. The van der Waals surface area contributed by atoms with Gasteiger partial charge >= 0.3 is 0 Å². The lowest BCUT2D eigenvalue weighted by atomic mass is 9.85. The van der Waals surface area contributed by atoms with Crippen LogP contribution in [-0.2, 0) is 0 Å². The quantitative estimate of drug-likeness (QED) is 0.151. The van der Waals surface area contributed by atoms with Crippen LogP contribution in [0.3, 0.4) is 0 Å². The number of hydrogen-bond donors (Lipinski definition) is 0. The topological polar surface area (TPSA) is 15.7 Å². The van der Waals surface area contributed by atoms with E-state index in [-0.39, 0.29) is 0 Å². The Morgan fingerprint density at radius 3 is 1.37 bits per heavy atom. The van der Waals surface area contributed by atoms with Gasteiger partial charge in [-0.05, 0) is 154 Å². The highest BCUT2D eigenvalue weighted by Gasteiger charge is 2.25. The van der Waals surface area contributed by atoms with Crippen LogP contribution in [-0.4, -0.2) is 0 Å². The predicted octanol–water partition coefficient (Wildman–Crippen LogP) is 16.1. The normalized spacial score (nSPS) is 11.7. The average Bonchev–Trinajstić information content (AvgIpc) is 3.28. The first-order valence-electron chi connectivity index (χ1n) is 20.2. The maximum atomic E-state index is 6.94. The molecule has 3 nitrogen and oxygen atoms in total. The van der Waals surface area contributed by atoms with E-state index in [1.54, 1.807) is 0 Å². The van der Waals surface area contributed by atoms with Crippen LogP contribution in [0, 0.1) is 13.8 Å². The van der Waals surface area contributed by atoms with Crippen LogP contribution in [0.25, 0.3) is 54.6 Å². The van der Waals surface area contributed by atoms with E-state index in [0.29, 0.717) is 0 Å². The zero-order valence-electron chi connectivity index (χ0n) is 32.9. The Morgan fingerprint density at radius 2 is 0.780 bits per heavy atom. The SMILES string of the molecule is Cc1ccc2c(-c3ccc(N(c4ccccc4)c4ccccc4)cc3)cc3c4cc(C)cc5c4c(cc3c2c1)-c1ccc(N(c2ccccc2)c2ccccc2)cc1O5. The van der Waals surface area contributed by atoms with Crippen LogP contribution in [0.5, 0.6) is 11.5 Å². The minimum Gasteiger partial charge on any atom is -0.456 e. The third-order valence-corrected chi connectivity index (χ3v) is 11.7. The molecule has 10 aromatic rings. The number of hydrogen-bond acceptors (Lipinski definition) is 3. The largest absolute Gasteiger partial charge is 0.456 e. The van der Waals surface area contributed by atoms with Crippen molar-refractivity contribution in [1.82, 2.24) is 0 Å². The summed E-state index contributed by atoms with van der Waals surface area (Å²) < 4.78 is 6.94. The second-order valence-electron chi connectivity index (χ2n) is 15.5. The molecule has 0 saturated carbocycles. The highest BCUT2D eigenvalue weighted by molar-refractivity contribution is 6.25. The second-order valence-corrected chi connectivity index (χ2v) is 15.5. The Hall–Kier alpha value is -7.62. The van der Waals surface area contributed by atoms with Gasteiger partial charge in [0.25, 0.3) is 0 Å². The molecule has 0 radical (unpaired) electrons. The lowest BCUT2D eigenvalue weighted by molar-refractivity contribution is 0.487. The molecule has 0 unspecified atom stereocenters. The summed E-state index contributed by atoms with van der Waals surface area (Å²) in [5, 5.41) is 7.32. The van der Waals surface area contributed by atoms with Crippen LogP contribution in [0.2, 0.25) is 0 Å². The molecule has 0 fully saturated rings. The van der Waals surface area contributed by atoms with Gasteiger partial charge in [-0.2, -0.15) is 0 Å². The molecular formula is C56H40N2O. The molecule has 0 atom stereocenters. The van der Waals surface area contributed by atoms with Gasteiger partial charge in [0, 0.05) is 51.1 Å². The van der Waals surface area contributed by atoms with E-state index >= 15 is 0 Å². The molecule has 0 spiro atoms. The highest BCUT2D eigenvalue weighted by atomic mass is 16.5. The summed E-state index contributed by atoms with van der Waals surface area (Å²) in [5.41, 5.74) is 13.7. The standard InChI is InChI=1S/C56H40N2O/c1-37-23-29-46-48(39-24-26-44(27-25-39)57(40-15-7-3-8-16-40)41-17-9-4-10-18-41)35-51-50(49(46)31-37)36-53-47-30-28-45(34-54(47)59-55-33-38(2)32-52(51)56(53)55)58(42-19-11-5-12-20-42)43-21-13-6-14-22-43/h3-36H,1-2H3.